The molecule has 11 heteroatoms. The quantitative estimate of drug-likeness (QED) is 0.313. The third kappa shape index (κ3) is 5.01. The predicted molar refractivity (Wildman–Crippen MR) is 136 cm³/mol. The van der Waals surface area contributed by atoms with Gasteiger partial charge >= 0.3 is 18.2 Å². The van der Waals surface area contributed by atoms with E-state index in [1.807, 2.05) is 0 Å². The molecule has 0 spiro atoms. The molecule has 0 aromatic heterocycles. The van der Waals surface area contributed by atoms with Crippen molar-refractivity contribution in [2.24, 2.45) is 0 Å². The number of anilines is 3. The first kappa shape index (κ1) is 27.2. The molecule has 1 saturated heterocycles. The number of hydrogen-bond acceptors (Lipinski definition) is 6. The van der Waals surface area contributed by atoms with Gasteiger partial charge in [0, 0.05) is 5.69 Å². The number of nitrogens with one attached hydrogen (secondary N) is 1. The van der Waals surface area contributed by atoms with Gasteiger partial charge in [-0.2, -0.15) is 18.4 Å². The molecule has 3 aromatic carbocycles. The Hall–Kier alpha value is -4.85. The van der Waals surface area contributed by atoms with Gasteiger partial charge in [-0.3, -0.25) is 4.79 Å². The van der Waals surface area contributed by atoms with Crippen LogP contribution in [-0.2, 0) is 22.3 Å². The SMILES string of the molecule is COC(=O)c1ccccc1Nc1ccccc1CN1C(=O)N(c2ccc(C#N)c(C(F)(F)F)c2)C(=O)C1(C)C. The summed E-state index contributed by atoms with van der Waals surface area (Å²) in [6.45, 7) is 2.94. The molecule has 1 fully saturated rings. The Morgan fingerprint density at radius 3 is 2.31 bits per heavy atom. The van der Waals surface area contributed by atoms with Crippen molar-refractivity contribution in [3.63, 3.8) is 0 Å². The molecule has 0 unspecified atom stereocenters. The molecule has 0 saturated carbocycles. The molecule has 0 aliphatic carbocycles. The van der Waals surface area contributed by atoms with Gasteiger partial charge in [-0.25, -0.2) is 14.5 Å². The van der Waals surface area contributed by atoms with Gasteiger partial charge in [0.25, 0.3) is 5.91 Å². The largest absolute Gasteiger partial charge is 0.465 e. The zero-order valence-electron chi connectivity index (χ0n) is 21.2. The van der Waals surface area contributed by atoms with E-state index >= 15 is 0 Å². The Kier molecular flexibility index (Phi) is 7.07. The van der Waals surface area contributed by atoms with E-state index in [1.165, 1.54) is 31.9 Å². The van der Waals surface area contributed by atoms with Gasteiger partial charge in [0.15, 0.2) is 0 Å². The van der Waals surface area contributed by atoms with Crippen molar-refractivity contribution in [1.82, 2.24) is 4.90 Å². The van der Waals surface area contributed by atoms with E-state index in [0.29, 0.717) is 27.9 Å². The molecule has 1 aliphatic heterocycles. The summed E-state index contributed by atoms with van der Waals surface area (Å²) < 4.78 is 45.5. The van der Waals surface area contributed by atoms with Crippen LogP contribution >= 0.6 is 0 Å². The molecule has 200 valence electrons. The monoisotopic (exact) mass is 536 g/mol. The predicted octanol–water partition coefficient (Wildman–Crippen LogP) is 5.85. The molecular formula is C28H23F3N4O4. The number of ether oxygens (including phenoxy) is 1. The van der Waals surface area contributed by atoms with E-state index in [2.05, 4.69) is 5.32 Å². The summed E-state index contributed by atoms with van der Waals surface area (Å²) in [4.78, 5) is 41.0. The van der Waals surface area contributed by atoms with E-state index in [-0.39, 0.29) is 17.8 Å². The van der Waals surface area contributed by atoms with Gasteiger partial charge in [-0.05, 0) is 55.8 Å². The molecule has 39 heavy (non-hydrogen) atoms. The first-order chi connectivity index (χ1) is 18.4. The van der Waals surface area contributed by atoms with E-state index in [1.54, 1.807) is 48.5 Å². The van der Waals surface area contributed by atoms with Crippen LogP contribution in [0, 0.1) is 11.3 Å². The normalized spacial score (nSPS) is 14.8. The maximum atomic E-state index is 13.6. The molecule has 0 bridgehead atoms. The minimum Gasteiger partial charge on any atom is -0.465 e. The summed E-state index contributed by atoms with van der Waals surface area (Å²) >= 11 is 0. The zero-order valence-corrected chi connectivity index (χ0v) is 21.2. The van der Waals surface area contributed by atoms with Crippen LogP contribution in [0.1, 0.15) is 40.9 Å². The fourth-order valence-corrected chi connectivity index (χ4v) is 4.31. The number of esters is 1. The number of imide groups is 1. The molecule has 3 amide bonds. The number of rotatable bonds is 6. The zero-order chi connectivity index (χ0) is 28.5. The molecule has 0 radical (unpaired) electrons. The summed E-state index contributed by atoms with van der Waals surface area (Å²) in [6, 6.07) is 17.0. The van der Waals surface area contributed by atoms with Crippen LogP contribution in [0.25, 0.3) is 0 Å². The minimum atomic E-state index is -4.85. The number of nitrogens with zero attached hydrogens (tertiary/aromatic N) is 3. The number of benzene rings is 3. The molecule has 8 nitrogen and oxygen atoms in total. The molecular weight excluding hydrogens is 513 g/mol. The lowest BCUT2D eigenvalue weighted by Gasteiger charge is -2.28. The second kappa shape index (κ2) is 10.1. The number of carbonyl (C=O) groups excluding carboxylic acids is 3. The van der Waals surface area contributed by atoms with Crippen LogP contribution in [0.3, 0.4) is 0 Å². The highest BCUT2D eigenvalue weighted by molar-refractivity contribution is 6.23. The van der Waals surface area contributed by atoms with Crippen molar-refractivity contribution >= 4 is 35.0 Å². The third-order valence-corrected chi connectivity index (χ3v) is 6.46. The number of methoxy groups -OCH3 is 1. The van der Waals surface area contributed by atoms with Crippen molar-refractivity contribution < 1.29 is 32.3 Å². The lowest BCUT2D eigenvalue weighted by Crippen LogP contribution is -2.43. The van der Waals surface area contributed by atoms with Gasteiger partial charge in [0.05, 0.1) is 47.8 Å². The topological polar surface area (TPSA) is 103 Å². The Bertz CT molecular complexity index is 1510. The first-order valence-corrected chi connectivity index (χ1v) is 11.7. The van der Waals surface area contributed by atoms with Crippen molar-refractivity contribution in [3.05, 3.63) is 89.0 Å². The number of hydrogen-bond donors (Lipinski definition) is 1. The molecule has 1 N–H and O–H groups in total. The summed E-state index contributed by atoms with van der Waals surface area (Å²) in [5.74, 6) is -1.26. The minimum absolute atomic E-state index is 0.0694. The second-order valence-electron chi connectivity index (χ2n) is 9.23. The highest BCUT2D eigenvalue weighted by Gasteiger charge is 2.52. The van der Waals surface area contributed by atoms with Gasteiger partial charge in [0.1, 0.15) is 5.54 Å². The van der Waals surface area contributed by atoms with Crippen LogP contribution in [0.15, 0.2) is 66.7 Å². The summed E-state index contributed by atoms with van der Waals surface area (Å²) in [5, 5.41) is 12.3. The van der Waals surface area contributed by atoms with E-state index in [0.717, 1.165) is 12.1 Å². The average molecular weight is 537 g/mol. The average Bonchev–Trinajstić information content (AvgIpc) is 3.07. The van der Waals surface area contributed by atoms with Crippen molar-refractivity contribution in [2.75, 3.05) is 17.3 Å². The smallest absolute Gasteiger partial charge is 0.417 e. The van der Waals surface area contributed by atoms with E-state index in [4.69, 9.17) is 10.00 Å². The Morgan fingerprint density at radius 1 is 1.03 bits per heavy atom. The van der Waals surface area contributed by atoms with E-state index in [9.17, 15) is 27.6 Å². The maximum absolute atomic E-state index is 13.6. The molecule has 1 heterocycles. The number of para-hydroxylation sites is 2. The van der Waals surface area contributed by atoms with Crippen molar-refractivity contribution in [3.8, 4) is 6.07 Å². The van der Waals surface area contributed by atoms with Crippen LogP contribution in [0.2, 0.25) is 0 Å². The van der Waals surface area contributed by atoms with Crippen LogP contribution in [0.5, 0.6) is 0 Å². The van der Waals surface area contributed by atoms with Gasteiger partial charge in [-0.1, -0.05) is 30.3 Å². The third-order valence-electron chi connectivity index (χ3n) is 6.46. The molecule has 1 aliphatic rings. The standard InChI is InChI=1S/C28H23F3N4O4/c1-27(2)25(37)35(19-13-12-17(15-32)21(14-19)28(29,30)31)26(38)34(27)16-18-8-4-6-10-22(18)33-23-11-7-5-9-20(23)24(36)39-3/h4-14,33H,16H2,1-3H3. The number of nitriles is 1. The Morgan fingerprint density at radius 2 is 1.67 bits per heavy atom. The van der Waals surface area contributed by atoms with Crippen LogP contribution in [0.4, 0.5) is 35.0 Å². The number of amides is 3. The number of carbonyl (C=O) groups is 3. The Labute approximate surface area is 222 Å². The van der Waals surface area contributed by atoms with Crippen molar-refractivity contribution in [2.45, 2.75) is 32.1 Å². The van der Waals surface area contributed by atoms with Crippen LogP contribution in [-0.4, -0.2) is 35.5 Å². The van der Waals surface area contributed by atoms with Crippen LogP contribution < -0.4 is 10.2 Å². The summed E-state index contributed by atoms with van der Waals surface area (Å²) in [7, 11) is 1.27. The molecule has 4 rings (SSSR count). The highest BCUT2D eigenvalue weighted by Crippen LogP contribution is 2.39. The Balaban J connectivity index is 1.69. The van der Waals surface area contributed by atoms with Gasteiger partial charge in [0.2, 0.25) is 0 Å². The number of urea groups is 1. The van der Waals surface area contributed by atoms with E-state index < -0.39 is 40.7 Å². The lowest BCUT2D eigenvalue weighted by molar-refractivity contribution is -0.137. The fourth-order valence-electron chi connectivity index (χ4n) is 4.31. The van der Waals surface area contributed by atoms with Crippen molar-refractivity contribution in [1.29, 1.82) is 5.26 Å². The summed E-state index contributed by atoms with van der Waals surface area (Å²) in [6.07, 6.45) is -4.85. The number of halogens is 3. The second-order valence-corrected chi connectivity index (χ2v) is 9.23. The highest BCUT2D eigenvalue weighted by atomic mass is 19.4. The maximum Gasteiger partial charge on any atom is 0.417 e. The first-order valence-electron chi connectivity index (χ1n) is 11.7. The molecule has 3 aromatic rings. The molecule has 0 atom stereocenters. The summed E-state index contributed by atoms with van der Waals surface area (Å²) in [5.41, 5.74) is -1.67. The number of alkyl halides is 3. The fraction of sp³-hybridized carbons (Fsp3) is 0.214. The van der Waals surface area contributed by atoms with Gasteiger partial charge in [-0.15, -0.1) is 0 Å². The lowest BCUT2D eigenvalue weighted by atomic mass is 10.0. The van der Waals surface area contributed by atoms with Gasteiger partial charge < -0.3 is 15.0 Å².